The number of nitrogen functional groups attached to an aromatic ring is 1. The molecule has 0 aliphatic heterocycles. The van der Waals surface area contributed by atoms with Crippen LogP contribution in [0.2, 0.25) is 5.02 Å². The Kier molecular flexibility index (Phi) is 5.77. The van der Waals surface area contributed by atoms with Gasteiger partial charge in [-0.1, -0.05) is 35.0 Å². The van der Waals surface area contributed by atoms with Crippen molar-refractivity contribution in [2.24, 2.45) is 5.10 Å². The van der Waals surface area contributed by atoms with Crippen molar-refractivity contribution in [1.29, 1.82) is 0 Å². The van der Waals surface area contributed by atoms with Crippen molar-refractivity contribution in [1.82, 2.24) is 30.7 Å². The molecule has 0 atom stereocenters. The summed E-state index contributed by atoms with van der Waals surface area (Å²) in [4.78, 5) is 12.8. The zero-order chi connectivity index (χ0) is 22.7. The maximum absolute atomic E-state index is 13.9. The third-order valence-corrected chi connectivity index (χ3v) is 4.61. The van der Waals surface area contributed by atoms with Gasteiger partial charge in [-0.2, -0.15) is 9.78 Å². The van der Waals surface area contributed by atoms with E-state index in [-0.39, 0.29) is 33.6 Å². The monoisotopic (exact) mass is 456 g/mol. The van der Waals surface area contributed by atoms with Crippen molar-refractivity contribution in [2.75, 3.05) is 12.8 Å². The van der Waals surface area contributed by atoms with Crippen LogP contribution in [-0.4, -0.2) is 44.5 Å². The zero-order valence-corrected chi connectivity index (χ0v) is 17.1. The Morgan fingerprint density at radius 1 is 1.31 bits per heavy atom. The van der Waals surface area contributed by atoms with Crippen LogP contribution in [0.15, 0.2) is 52.2 Å². The van der Waals surface area contributed by atoms with Gasteiger partial charge >= 0.3 is 0 Å². The smallest absolute Gasteiger partial charge is 0.294 e. The number of hydrogen-bond donors (Lipinski definition) is 2. The second-order valence-electron chi connectivity index (χ2n) is 6.24. The Balaban J connectivity index is 1.72. The molecule has 0 fully saturated rings. The van der Waals surface area contributed by atoms with Crippen molar-refractivity contribution in [3.63, 3.8) is 0 Å². The Morgan fingerprint density at radius 2 is 2.12 bits per heavy atom. The minimum Gasteiger partial charge on any atom is -0.497 e. The quantitative estimate of drug-likeness (QED) is 0.332. The summed E-state index contributed by atoms with van der Waals surface area (Å²) in [6, 6.07) is 11.0. The van der Waals surface area contributed by atoms with Crippen molar-refractivity contribution in [2.45, 2.75) is 0 Å². The van der Waals surface area contributed by atoms with Crippen LogP contribution in [-0.2, 0) is 0 Å². The molecule has 2 aromatic heterocycles. The van der Waals surface area contributed by atoms with E-state index in [9.17, 15) is 9.18 Å². The molecule has 13 heteroatoms. The second kappa shape index (κ2) is 8.81. The molecule has 0 aliphatic carbocycles. The molecule has 0 aliphatic rings. The molecule has 11 nitrogen and oxygen atoms in total. The Hall–Kier alpha value is -4.32. The standard InChI is InChI=1S/C19H14ClFN8O3/c1-31-11-5-2-4-10(8-11)16-15(24-28-29(16)18-17(22)26-32-27-18)19(30)25-23-9-12-13(20)6-3-7-14(12)21/h2-9H,1H3,(H2,22,26)(H,25,30)/b23-9-. The lowest BCUT2D eigenvalue weighted by Crippen LogP contribution is -2.19. The summed E-state index contributed by atoms with van der Waals surface area (Å²) in [6.45, 7) is 0. The number of anilines is 1. The van der Waals surface area contributed by atoms with Gasteiger partial charge in [0.2, 0.25) is 11.6 Å². The highest BCUT2D eigenvalue weighted by Crippen LogP contribution is 2.29. The van der Waals surface area contributed by atoms with Crippen LogP contribution in [0.5, 0.6) is 5.75 Å². The molecule has 162 valence electrons. The number of carbonyl (C=O) groups excluding carboxylic acids is 1. The summed E-state index contributed by atoms with van der Waals surface area (Å²) in [5, 5.41) is 19.0. The summed E-state index contributed by atoms with van der Waals surface area (Å²) >= 11 is 5.96. The predicted molar refractivity (Wildman–Crippen MR) is 112 cm³/mol. The van der Waals surface area contributed by atoms with Crippen molar-refractivity contribution in [3.8, 4) is 22.8 Å². The van der Waals surface area contributed by atoms with Gasteiger partial charge < -0.3 is 10.5 Å². The molecule has 0 unspecified atom stereocenters. The molecule has 0 bridgehead atoms. The SMILES string of the molecule is COc1cccc(-c2c(C(=O)N/N=C\c3c(F)cccc3Cl)nnn2-c2nonc2N)c1. The molecule has 0 spiro atoms. The van der Waals surface area contributed by atoms with E-state index in [0.29, 0.717) is 11.3 Å². The Bertz CT molecular complexity index is 1300. The third-order valence-electron chi connectivity index (χ3n) is 4.28. The fourth-order valence-corrected chi connectivity index (χ4v) is 3.00. The first-order valence-corrected chi connectivity index (χ1v) is 9.33. The number of nitrogens with one attached hydrogen (secondary N) is 1. The van der Waals surface area contributed by atoms with Crippen LogP contribution in [0.3, 0.4) is 0 Å². The molecule has 2 heterocycles. The normalized spacial score (nSPS) is 11.1. The van der Waals surface area contributed by atoms with E-state index in [2.05, 4.69) is 35.8 Å². The van der Waals surface area contributed by atoms with E-state index < -0.39 is 11.7 Å². The summed E-state index contributed by atoms with van der Waals surface area (Å²) in [6.07, 6.45) is 1.09. The molecule has 0 saturated heterocycles. The van der Waals surface area contributed by atoms with Crippen LogP contribution in [0.4, 0.5) is 10.2 Å². The number of amides is 1. The lowest BCUT2D eigenvalue weighted by molar-refractivity contribution is 0.0950. The van der Waals surface area contributed by atoms with Gasteiger partial charge in [-0.25, -0.2) is 14.4 Å². The fourth-order valence-electron chi connectivity index (χ4n) is 2.79. The molecule has 4 rings (SSSR count). The maximum atomic E-state index is 13.9. The van der Waals surface area contributed by atoms with Gasteiger partial charge in [0, 0.05) is 11.1 Å². The summed E-state index contributed by atoms with van der Waals surface area (Å²) < 4.78 is 25.0. The molecule has 1 amide bonds. The highest BCUT2D eigenvalue weighted by atomic mass is 35.5. The number of benzene rings is 2. The van der Waals surface area contributed by atoms with Gasteiger partial charge in [0.25, 0.3) is 5.91 Å². The average molecular weight is 457 g/mol. The molecular weight excluding hydrogens is 443 g/mol. The summed E-state index contributed by atoms with van der Waals surface area (Å²) in [5.74, 6) is -0.811. The zero-order valence-electron chi connectivity index (χ0n) is 16.4. The number of carbonyl (C=O) groups is 1. The van der Waals surface area contributed by atoms with E-state index >= 15 is 0 Å². The van der Waals surface area contributed by atoms with E-state index in [1.54, 1.807) is 24.3 Å². The van der Waals surface area contributed by atoms with E-state index in [1.807, 2.05) is 0 Å². The molecule has 0 saturated carbocycles. The van der Waals surface area contributed by atoms with E-state index in [1.165, 1.54) is 30.0 Å². The van der Waals surface area contributed by atoms with Gasteiger partial charge in [-0.05, 0) is 34.6 Å². The average Bonchev–Trinajstić information content (AvgIpc) is 3.41. The number of nitrogens with two attached hydrogens (primary N) is 1. The fraction of sp³-hybridized carbons (Fsp3) is 0.0526. The summed E-state index contributed by atoms with van der Waals surface area (Å²) in [7, 11) is 1.50. The van der Waals surface area contributed by atoms with Crippen molar-refractivity contribution >= 4 is 29.5 Å². The molecule has 4 aromatic rings. The van der Waals surface area contributed by atoms with Crippen LogP contribution in [0.25, 0.3) is 17.1 Å². The number of hydrogen-bond acceptors (Lipinski definition) is 9. The lowest BCUT2D eigenvalue weighted by atomic mass is 10.1. The van der Waals surface area contributed by atoms with Gasteiger partial charge in [0.1, 0.15) is 17.3 Å². The number of hydrazone groups is 1. The van der Waals surface area contributed by atoms with Gasteiger partial charge in [-0.15, -0.1) is 5.10 Å². The first-order valence-electron chi connectivity index (χ1n) is 8.95. The molecule has 0 radical (unpaired) electrons. The first-order chi connectivity index (χ1) is 15.5. The van der Waals surface area contributed by atoms with Gasteiger partial charge in [0.15, 0.2) is 5.69 Å². The van der Waals surface area contributed by atoms with Gasteiger partial charge in [0.05, 0.1) is 18.3 Å². The molecular formula is C19H14ClFN8O3. The third kappa shape index (κ3) is 3.98. The van der Waals surface area contributed by atoms with Crippen LogP contribution < -0.4 is 15.9 Å². The Morgan fingerprint density at radius 3 is 2.84 bits per heavy atom. The highest BCUT2D eigenvalue weighted by Gasteiger charge is 2.25. The topological polar surface area (TPSA) is 146 Å². The largest absolute Gasteiger partial charge is 0.497 e. The maximum Gasteiger partial charge on any atom is 0.294 e. The van der Waals surface area contributed by atoms with Crippen molar-refractivity contribution < 1.29 is 18.6 Å². The highest BCUT2D eigenvalue weighted by molar-refractivity contribution is 6.33. The number of methoxy groups -OCH3 is 1. The van der Waals surface area contributed by atoms with Crippen LogP contribution in [0, 0.1) is 5.82 Å². The predicted octanol–water partition coefficient (Wildman–Crippen LogP) is 2.46. The number of rotatable bonds is 6. The number of nitrogens with zero attached hydrogens (tertiary/aromatic N) is 6. The second-order valence-corrected chi connectivity index (χ2v) is 6.65. The van der Waals surface area contributed by atoms with Gasteiger partial charge in [-0.3, -0.25) is 4.79 Å². The van der Waals surface area contributed by atoms with Crippen LogP contribution >= 0.6 is 11.6 Å². The Labute approximate surface area is 184 Å². The molecule has 32 heavy (non-hydrogen) atoms. The summed E-state index contributed by atoms with van der Waals surface area (Å²) in [5.41, 5.74) is 8.71. The number of halogens is 2. The number of ether oxygens (including phenoxy) is 1. The first kappa shape index (κ1) is 20.9. The van der Waals surface area contributed by atoms with E-state index in [4.69, 9.17) is 22.1 Å². The van der Waals surface area contributed by atoms with Crippen molar-refractivity contribution in [3.05, 3.63) is 64.6 Å². The minimum atomic E-state index is -0.729. The number of aromatic nitrogens is 5. The van der Waals surface area contributed by atoms with E-state index in [0.717, 1.165) is 6.21 Å². The molecule has 2 aromatic carbocycles. The lowest BCUT2D eigenvalue weighted by Gasteiger charge is -2.07. The molecule has 3 N–H and O–H groups in total. The van der Waals surface area contributed by atoms with Crippen LogP contribution in [0.1, 0.15) is 16.1 Å². The minimum absolute atomic E-state index is 0.0209.